The van der Waals surface area contributed by atoms with Gasteiger partial charge < -0.3 is 9.84 Å². The normalized spacial score (nSPS) is 18.0. The first kappa shape index (κ1) is 19.6. The molecule has 0 saturated heterocycles. The quantitative estimate of drug-likeness (QED) is 0.574. The van der Waals surface area contributed by atoms with Gasteiger partial charge in [-0.1, -0.05) is 25.8 Å². The first-order chi connectivity index (χ1) is 13.4. The molecule has 1 saturated carbocycles. The molecule has 1 N–H and O–H groups in total. The van der Waals surface area contributed by atoms with Crippen molar-refractivity contribution < 1.29 is 23.8 Å². The zero-order valence-corrected chi connectivity index (χ0v) is 15.4. The van der Waals surface area contributed by atoms with E-state index in [9.17, 15) is 19.1 Å². The Labute approximate surface area is 162 Å². The molecule has 0 aromatic heterocycles. The highest BCUT2D eigenvalue weighted by Crippen LogP contribution is 2.38. The molecule has 1 fully saturated rings. The third-order valence-corrected chi connectivity index (χ3v) is 5.11. The first-order valence-corrected chi connectivity index (χ1v) is 9.22. The van der Waals surface area contributed by atoms with Crippen LogP contribution < -0.4 is 4.74 Å². The maximum Gasteiger partial charge on any atom is 0.336 e. The predicted molar refractivity (Wildman–Crippen MR) is 100 cm³/mol. The van der Waals surface area contributed by atoms with Gasteiger partial charge >= 0.3 is 11.9 Å². The molecule has 0 atom stereocenters. The van der Waals surface area contributed by atoms with E-state index in [0.717, 1.165) is 31.7 Å². The number of hydrogen-bond acceptors (Lipinski definition) is 4. The molecule has 0 aliphatic heterocycles. The van der Waals surface area contributed by atoms with Gasteiger partial charge in [0.25, 0.3) is 0 Å². The van der Waals surface area contributed by atoms with Crippen molar-refractivity contribution >= 4 is 11.9 Å². The van der Waals surface area contributed by atoms with E-state index in [1.807, 2.05) is 0 Å². The fraction of sp³-hybridized carbons (Fsp3) is 0.318. The molecule has 5 nitrogen and oxygen atoms in total. The molecule has 3 rings (SSSR count). The zero-order valence-electron chi connectivity index (χ0n) is 15.4. The number of benzene rings is 2. The van der Waals surface area contributed by atoms with Crippen molar-refractivity contribution in [1.29, 1.82) is 5.26 Å². The van der Waals surface area contributed by atoms with Gasteiger partial charge in [-0.05, 0) is 60.2 Å². The number of carbonyl (C=O) groups excluding carboxylic acids is 1. The maximum atomic E-state index is 14.0. The van der Waals surface area contributed by atoms with Crippen LogP contribution in [0.3, 0.4) is 0 Å². The van der Waals surface area contributed by atoms with Gasteiger partial charge in [0.15, 0.2) is 0 Å². The molecular weight excluding hydrogens is 361 g/mol. The molecular formula is C22H20FNO4. The lowest BCUT2D eigenvalue weighted by atomic mass is 9.73. The minimum Gasteiger partial charge on any atom is -0.478 e. The van der Waals surface area contributed by atoms with Crippen LogP contribution in [0.1, 0.15) is 48.5 Å². The molecule has 6 heteroatoms. The third-order valence-electron chi connectivity index (χ3n) is 5.11. The van der Waals surface area contributed by atoms with Crippen LogP contribution >= 0.6 is 0 Å². The second-order valence-corrected chi connectivity index (χ2v) is 7.06. The summed E-state index contributed by atoms with van der Waals surface area (Å²) in [5.41, 5.74) is 0.336. The Morgan fingerprint density at radius 2 is 2.00 bits per heavy atom. The van der Waals surface area contributed by atoms with E-state index in [2.05, 4.69) is 6.92 Å². The summed E-state index contributed by atoms with van der Waals surface area (Å²) in [5.74, 6) is -1.60. The van der Waals surface area contributed by atoms with Crippen molar-refractivity contribution in [3.63, 3.8) is 0 Å². The van der Waals surface area contributed by atoms with Crippen molar-refractivity contribution in [3.05, 3.63) is 53.3 Å². The molecule has 144 valence electrons. The molecule has 0 spiro atoms. The predicted octanol–water partition coefficient (Wildman–Crippen LogP) is 4.79. The van der Waals surface area contributed by atoms with Gasteiger partial charge in [-0.25, -0.2) is 9.18 Å². The lowest BCUT2D eigenvalue weighted by Crippen LogP contribution is -2.33. The highest BCUT2D eigenvalue weighted by atomic mass is 19.1. The van der Waals surface area contributed by atoms with Gasteiger partial charge in [-0.2, -0.15) is 5.26 Å². The second-order valence-electron chi connectivity index (χ2n) is 7.06. The molecule has 2 aromatic carbocycles. The molecule has 0 heterocycles. The fourth-order valence-corrected chi connectivity index (χ4v) is 3.56. The van der Waals surface area contributed by atoms with E-state index < -0.39 is 11.8 Å². The van der Waals surface area contributed by atoms with E-state index in [1.165, 1.54) is 30.3 Å². The summed E-state index contributed by atoms with van der Waals surface area (Å²) in [6, 6.07) is 9.76. The lowest BCUT2D eigenvalue weighted by Gasteiger charge is -2.33. The van der Waals surface area contributed by atoms with Crippen LogP contribution in [0.2, 0.25) is 0 Å². The number of esters is 1. The summed E-state index contributed by atoms with van der Waals surface area (Å²) in [7, 11) is 0. The molecule has 1 aliphatic rings. The van der Waals surface area contributed by atoms with Gasteiger partial charge in [0.05, 0.1) is 17.0 Å². The molecule has 28 heavy (non-hydrogen) atoms. The van der Waals surface area contributed by atoms with Crippen LogP contribution in [-0.2, 0) is 4.79 Å². The van der Waals surface area contributed by atoms with Gasteiger partial charge in [0, 0.05) is 0 Å². The first-order valence-electron chi connectivity index (χ1n) is 9.22. The standard InChI is InChI=1S/C22H20FNO4/c1-2-3-13-8-16(9-13)22(27)28-17-6-7-18(21(25)26)19(11-17)14-4-5-15(12-24)20(23)10-14/h4-7,10-11,13,16H,2-3,8-9H2,1H3,(H,25,26). The van der Waals surface area contributed by atoms with Crippen LogP contribution in [0.15, 0.2) is 36.4 Å². The maximum absolute atomic E-state index is 14.0. The Balaban J connectivity index is 1.84. The number of rotatable bonds is 6. The number of nitrogens with zero attached hydrogens (tertiary/aromatic N) is 1. The Bertz CT molecular complexity index is 957. The molecule has 0 amide bonds. The minimum absolute atomic E-state index is 0.0458. The van der Waals surface area contributed by atoms with E-state index in [1.54, 1.807) is 6.07 Å². The lowest BCUT2D eigenvalue weighted by molar-refractivity contribution is -0.143. The van der Waals surface area contributed by atoms with Gasteiger partial charge in [-0.3, -0.25) is 4.79 Å². The summed E-state index contributed by atoms with van der Waals surface area (Å²) in [6.45, 7) is 2.11. The number of carbonyl (C=O) groups is 2. The van der Waals surface area contributed by atoms with E-state index in [4.69, 9.17) is 10.00 Å². The number of ether oxygens (including phenoxy) is 1. The highest BCUT2D eigenvalue weighted by molar-refractivity contribution is 5.96. The largest absolute Gasteiger partial charge is 0.478 e. The Morgan fingerprint density at radius 1 is 1.25 bits per heavy atom. The fourth-order valence-electron chi connectivity index (χ4n) is 3.56. The van der Waals surface area contributed by atoms with Gasteiger partial charge in [0.1, 0.15) is 17.6 Å². The third kappa shape index (κ3) is 4.04. The summed E-state index contributed by atoms with van der Waals surface area (Å²) in [4.78, 5) is 23.9. The van der Waals surface area contributed by atoms with Crippen molar-refractivity contribution in [2.75, 3.05) is 0 Å². The topological polar surface area (TPSA) is 87.4 Å². The minimum atomic E-state index is -1.18. The molecule has 2 aromatic rings. The molecule has 0 unspecified atom stereocenters. The average Bonchev–Trinajstić information content (AvgIpc) is 2.63. The Morgan fingerprint density at radius 3 is 2.61 bits per heavy atom. The SMILES string of the molecule is CCCC1CC(C(=O)Oc2ccc(C(=O)O)c(-c3ccc(C#N)c(F)c3)c2)C1. The Kier molecular flexibility index (Phi) is 5.74. The summed E-state index contributed by atoms with van der Waals surface area (Å²) in [6.07, 6.45) is 3.82. The summed E-state index contributed by atoms with van der Waals surface area (Å²) >= 11 is 0. The Hall–Kier alpha value is -3.20. The van der Waals surface area contributed by atoms with Crippen molar-refractivity contribution in [2.45, 2.75) is 32.6 Å². The number of carboxylic acid groups (broad SMARTS) is 1. The van der Waals surface area contributed by atoms with Crippen LogP contribution in [0.25, 0.3) is 11.1 Å². The van der Waals surface area contributed by atoms with Crippen LogP contribution in [-0.4, -0.2) is 17.0 Å². The van der Waals surface area contributed by atoms with Crippen LogP contribution in [0.4, 0.5) is 4.39 Å². The highest BCUT2D eigenvalue weighted by Gasteiger charge is 2.35. The van der Waals surface area contributed by atoms with Crippen molar-refractivity contribution in [2.24, 2.45) is 11.8 Å². The summed E-state index contributed by atoms with van der Waals surface area (Å²) < 4.78 is 19.4. The van der Waals surface area contributed by atoms with Gasteiger partial charge in [-0.15, -0.1) is 0 Å². The molecule has 1 aliphatic carbocycles. The monoisotopic (exact) mass is 381 g/mol. The zero-order chi connectivity index (χ0) is 20.3. The second kappa shape index (κ2) is 8.22. The molecule has 0 radical (unpaired) electrons. The van der Waals surface area contributed by atoms with E-state index >= 15 is 0 Å². The van der Waals surface area contributed by atoms with E-state index in [0.29, 0.717) is 11.5 Å². The number of aromatic carboxylic acids is 1. The van der Waals surface area contributed by atoms with Crippen LogP contribution in [0, 0.1) is 29.0 Å². The number of halogens is 1. The molecule has 0 bridgehead atoms. The van der Waals surface area contributed by atoms with Crippen LogP contribution in [0.5, 0.6) is 5.75 Å². The summed E-state index contributed by atoms with van der Waals surface area (Å²) in [5, 5.41) is 18.3. The average molecular weight is 381 g/mol. The van der Waals surface area contributed by atoms with Gasteiger partial charge in [0.2, 0.25) is 0 Å². The van der Waals surface area contributed by atoms with Crippen molar-refractivity contribution in [1.82, 2.24) is 0 Å². The number of hydrogen-bond donors (Lipinski definition) is 1. The van der Waals surface area contributed by atoms with E-state index in [-0.39, 0.29) is 34.3 Å². The number of carboxylic acids is 1. The van der Waals surface area contributed by atoms with Crippen molar-refractivity contribution in [3.8, 4) is 22.9 Å². The smallest absolute Gasteiger partial charge is 0.336 e. The number of nitriles is 1.